The van der Waals surface area contributed by atoms with Crippen LogP contribution in [0.1, 0.15) is 78.6 Å². The third kappa shape index (κ3) is 4.33. The van der Waals surface area contributed by atoms with Crippen LogP contribution in [-0.2, 0) is 9.53 Å². The van der Waals surface area contributed by atoms with Crippen molar-refractivity contribution in [2.45, 2.75) is 84.2 Å². The van der Waals surface area contributed by atoms with Gasteiger partial charge in [0, 0.05) is 0 Å². The smallest absolute Gasteiger partial charge is 0.309 e. The van der Waals surface area contributed by atoms with Crippen molar-refractivity contribution in [2.75, 3.05) is 0 Å². The van der Waals surface area contributed by atoms with Crippen molar-refractivity contribution in [1.82, 2.24) is 0 Å². The Labute approximate surface area is 106 Å². The van der Waals surface area contributed by atoms with Crippen LogP contribution in [0, 0.1) is 5.92 Å². The van der Waals surface area contributed by atoms with Gasteiger partial charge in [-0.3, -0.25) is 4.79 Å². The Kier molecular flexibility index (Phi) is 6.01. The number of hydrogen-bond donors (Lipinski definition) is 0. The quantitative estimate of drug-likeness (QED) is 0.640. The summed E-state index contributed by atoms with van der Waals surface area (Å²) in [5.74, 6) is 0.0703. The molecule has 0 amide bonds. The van der Waals surface area contributed by atoms with E-state index in [1.165, 1.54) is 32.1 Å². The molecule has 1 aliphatic rings. The number of ether oxygens (including phenoxy) is 1. The Morgan fingerprint density at radius 1 is 1.24 bits per heavy atom. The molecule has 0 aliphatic heterocycles. The summed E-state index contributed by atoms with van der Waals surface area (Å²) in [6, 6.07) is 0. The molecule has 0 saturated heterocycles. The maximum absolute atomic E-state index is 12.0. The van der Waals surface area contributed by atoms with Gasteiger partial charge in [-0.1, -0.05) is 33.6 Å². The van der Waals surface area contributed by atoms with Crippen molar-refractivity contribution >= 4 is 5.97 Å². The molecular formula is C15H28O2. The zero-order valence-corrected chi connectivity index (χ0v) is 11.8. The average molecular weight is 240 g/mol. The number of rotatable bonds is 6. The van der Waals surface area contributed by atoms with Crippen LogP contribution in [0.3, 0.4) is 0 Å². The van der Waals surface area contributed by atoms with Gasteiger partial charge in [-0.2, -0.15) is 0 Å². The van der Waals surface area contributed by atoms with Gasteiger partial charge in [0.2, 0.25) is 0 Å². The lowest BCUT2D eigenvalue weighted by molar-refractivity contribution is -0.169. The molecule has 1 saturated carbocycles. The van der Waals surface area contributed by atoms with Crippen LogP contribution in [0.4, 0.5) is 0 Å². The third-order valence-electron chi connectivity index (χ3n) is 4.08. The number of unbranched alkanes of at least 4 members (excludes halogenated alkanes) is 1. The summed E-state index contributed by atoms with van der Waals surface area (Å²) in [4.78, 5) is 12.0. The van der Waals surface area contributed by atoms with Gasteiger partial charge in [0.15, 0.2) is 0 Å². The Hall–Kier alpha value is -0.530. The third-order valence-corrected chi connectivity index (χ3v) is 4.08. The van der Waals surface area contributed by atoms with E-state index in [1.54, 1.807) is 0 Å². The molecular weight excluding hydrogens is 212 g/mol. The molecule has 0 aromatic heterocycles. The van der Waals surface area contributed by atoms with E-state index in [2.05, 4.69) is 6.92 Å². The first-order valence-corrected chi connectivity index (χ1v) is 7.36. The van der Waals surface area contributed by atoms with E-state index in [1.807, 2.05) is 13.8 Å². The summed E-state index contributed by atoms with van der Waals surface area (Å²) in [6.07, 6.45) is 10.2. The summed E-state index contributed by atoms with van der Waals surface area (Å²) in [7, 11) is 0. The zero-order chi connectivity index (χ0) is 12.7. The van der Waals surface area contributed by atoms with Crippen LogP contribution in [0.25, 0.3) is 0 Å². The molecule has 1 aliphatic carbocycles. The lowest BCUT2D eigenvalue weighted by atomic mass is 9.81. The molecule has 1 rings (SSSR count). The van der Waals surface area contributed by atoms with Crippen molar-refractivity contribution in [3.8, 4) is 0 Å². The summed E-state index contributed by atoms with van der Waals surface area (Å²) in [5.41, 5.74) is -0.116. The molecule has 0 spiro atoms. The normalized spacial score (nSPS) is 20.9. The van der Waals surface area contributed by atoms with Gasteiger partial charge in [0.25, 0.3) is 0 Å². The molecule has 100 valence electrons. The van der Waals surface area contributed by atoms with Gasteiger partial charge in [-0.05, 0) is 44.9 Å². The molecule has 0 N–H and O–H groups in total. The minimum Gasteiger partial charge on any atom is -0.459 e. The molecule has 17 heavy (non-hydrogen) atoms. The van der Waals surface area contributed by atoms with E-state index in [4.69, 9.17) is 4.74 Å². The van der Waals surface area contributed by atoms with E-state index in [-0.39, 0.29) is 17.5 Å². The van der Waals surface area contributed by atoms with Crippen molar-refractivity contribution in [1.29, 1.82) is 0 Å². The Morgan fingerprint density at radius 2 is 1.88 bits per heavy atom. The predicted molar refractivity (Wildman–Crippen MR) is 70.9 cm³/mol. The highest BCUT2D eigenvalue weighted by Gasteiger charge is 2.35. The van der Waals surface area contributed by atoms with Crippen molar-refractivity contribution < 1.29 is 9.53 Å². The Morgan fingerprint density at radius 3 is 2.41 bits per heavy atom. The predicted octanol–water partition coefficient (Wildman–Crippen LogP) is 4.47. The molecule has 2 nitrogen and oxygen atoms in total. The fourth-order valence-electron chi connectivity index (χ4n) is 2.58. The monoisotopic (exact) mass is 240 g/mol. The van der Waals surface area contributed by atoms with Crippen molar-refractivity contribution in [3.63, 3.8) is 0 Å². The summed E-state index contributed by atoms with van der Waals surface area (Å²) >= 11 is 0. The van der Waals surface area contributed by atoms with E-state index in [0.717, 1.165) is 25.7 Å². The maximum Gasteiger partial charge on any atom is 0.309 e. The minimum absolute atomic E-state index is 0.0190. The SMILES string of the molecule is CCCCC1(OC(=O)C(C)CC)CCCCC1. The zero-order valence-electron chi connectivity index (χ0n) is 11.8. The molecule has 2 heteroatoms. The van der Waals surface area contributed by atoms with Crippen LogP contribution in [0.5, 0.6) is 0 Å². The van der Waals surface area contributed by atoms with Gasteiger partial charge in [-0.25, -0.2) is 0 Å². The molecule has 0 aromatic rings. The van der Waals surface area contributed by atoms with Gasteiger partial charge >= 0.3 is 5.97 Å². The highest BCUT2D eigenvalue weighted by molar-refractivity contribution is 5.72. The molecule has 0 bridgehead atoms. The summed E-state index contributed by atoms with van der Waals surface area (Å²) in [6.45, 7) is 6.22. The van der Waals surface area contributed by atoms with E-state index >= 15 is 0 Å². The highest BCUT2D eigenvalue weighted by atomic mass is 16.6. The largest absolute Gasteiger partial charge is 0.459 e. The Balaban J connectivity index is 2.59. The topological polar surface area (TPSA) is 26.3 Å². The highest BCUT2D eigenvalue weighted by Crippen LogP contribution is 2.36. The van der Waals surface area contributed by atoms with Crippen LogP contribution < -0.4 is 0 Å². The van der Waals surface area contributed by atoms with Crippen molar-refractivity contribution in [3.05, 3.63) is 0 Å². The number of carbonyl (C=O) groups is 1. The molecule has 1 atom stereocenters. The van der Waals surface area contributed by atoms with Gasteiger partial charge in [-0.15, -0.1) is 0 Å². The van der Waals surface area contributed by atoms with E-state index in [9.17, 15) is 4.79 Å². The maximum atomic E-state index is 12.0. The standard InChI is InChI=1S/C15H28O2/c1-4-6-10-15(11-8-7-9-12-15)17-14(16)13(3)5-2/h13H,4-12H2,1-3H3. The van der Waals surface area contributed by atoms with Gasteiger partial charge in [0.05, 0.1) is 5.92 Å². The first-order valence-electron chi connectivity index (χ1n) is 7.36. The second kappa shape index (κ2) is 7.03. The molecule has 0 radical (unpaired) electrons. The van der Waals surface area contributed by atoms with Crippen LogP contribution >= 0.6 is 0 Å². The lowest BCUT2D eigenvalue weighted by Gasteiger charge is -2.37. The van der Waals surface area contributed by atoms with Crippen molar-refractivity contribution in [2.24, 2.45) is 5.92 Å². The molecule has 0 heterocycles. The van der Waals surface area contributed by atoms with E-state index < -0.39 is 0 Å². The first kappa shape index (κ1) is 14.5. The van der Waals surface area contributed by atoms with Crippen LogP contribution in [-0.4, -0.2) is 11.6 Å². The van der Waals surface area contributed by atoms with Gasteiger partial charge < -0.3 is 4.74 Å². The second-order valence-corrected chi connectivity index (χ2v) is 5.58. The van der Waals surface area contributed by atoms with Gasteiger partial charge in [0.1, 0.15) is 5.60 Å². The molecule has 1 fully saturated rings. The van der Waals surface area contributed by atoms with E-state index in [0.29, 0.717) is 0 Å². The first-order chi connectivity index (χ1) is 8.13. The number of hydrogen-bond acceptors (Lipinski definition) is 2. The average Bonchev–Trinajstić information content (AvgIpc) is 2.36. The van der Waals surface area contributed by atoms with Crippen LogP contribution in [0.15, 0.2) is 0 Å². The summed E-state index contributed by atoms with van der Waals surface area (Å²) < 4.78 is 5.89. The fourth-order valence-corrected chi connectivity index (χ4v) is 2.58. The minimum atomic E-state index is -0.116. The lowest BCUT2D eigenvalue weighted by Crippen LogP contribution is -2.38. The fraction of sp³-hybridized carbons (Fsp3) is 0.933. The molecule has 1 unspecified atom stereocenters. The van der Waals surface area contributed by atoms with Crippen LogP contribution in [0.2, 0.25) is 0 Å². The number of esters is 1. The second-order valence-electron chi connectivity index (χ2n) is 5.58. The Bertz CT molecular complexity index is 229. The number of carbonyl (C=O) groups excluding carboxylic acids is 1. The summed E-state index contributed by atoms with van der Waals surface area (Å²) in [5, 5.41) is 0. The molecule has 0 aromatic carbocycles.